The Hall–Kier alpha value is -1.84. The van der Waals surface area contributed by atoms with Crippen molar-refractivity contribution in [2.45, 2.75) is 18.9 Å². The van der Waals surface area contributed by atoms with Crippen LogP contribution in [0.15, 0.2) is 66.9 Å². The van der Waals surface area contributed by atoms with E-state index in [9.17, 15) is 10.1 Å². The number of hydrogen-bond donors (Lipinski definition) is 0. The van der Waals surface area contributed by atoms with E-state index in [1.54, 1.807) is 0 Å². The molecule has 1 unspecified atom stereocenters. The quantitative estimate of drug-likeness (QED) is 0.311. The predicted molar refractivity (Wildman–Crippen MR) is 95.5 cm³/mol. The fourth-order valence-corrected chi connectivity index (χ4v) is 2.99. The van der Waals surface area contributed by atoms with Crippen LogP contribution >= 0.6 is 0 Å². The molecule has 28 heavy (non-hydrogen) atoms. The molecule has 1 aliphatic rings. The summed E-state index contributed by atoms with van der Waals surface area (Å²) in [5.74, 6) is 1.80. The number of pyridine rings is 1. The topological polar surface area (TPSA) is 74.5 Å². The summed E-state index contributed by atoms with van der Waals surface area (Å²) in [5.41, 5.74) is 2.19. The van der Waals surface area contributed by atoms with E-state index in [1.165, 1.54) is 23.9 Å². The van der Waals surface area contributed by atoms with Crippen LogP contribution in [-0.4, -0.2) is 9.91 Å². The van der Waals surface area contributed by atoms with Gasteiger partial charge in [0.05, 0.1) is 4.92 Å². The normalized spacial score (nSPS) is 14.5. The van der Waals surface area contributed by atoms with E-state index < -0.39 is 4.92 Å². The second-order valence-electron chi connectivity index (χ2n) is 6.04. The van der Waals surface area contributed by atoms with Crippen LogP contribution in [0.5, 0.6) is 17.4 Å². The van der Waals surface area contributed by atoms with Crippen LogP contribution in [0.4, 0.5) is 5.69 Å². The molecule has 138 valence electrons. The van der Waals surface area contributed by atoms with Crippen molar-refractivity contribution >= 4 is 5.69 Å². The number of halogens is 1. The van der Waals surface area contributed by atoms with Crippen LogP contribution < -0.4 is 65.6 Å². The van der Waals surface area contributed by atoms with E-state index in [1.807, 2.05) is 36.4 Å². The van der Waals surface area contributed by atoms with E-state index >= 15 is 0 Å². The molecule has 0 spiro atoms. The van der Waals surface area contributed by atoms with Crippen LogP contribution in [0.2, 0.25) is 0 Å². The number of fused-ring (bicyclic) bond motifs is 1. The van der Waals surface area contributed by atoms with Crippen molar-refractivity contribution in [1.29, 1.82) is 0 Å². The molecule has 0 fully saturated rings. The summed E-state index contributed by atoms with van der Waals surface area (Å²) in [4.78, 5) is 14.1. The van der Waals surface area contributed by atoms with Gasteiger partial charge in [0.25, 0.3) is 5.69 Å². The van der Waals surface area contributed by atoms with Crippen molar-refractivity contribution in [3.8, 4) is 17.4 Å². The Morgan fingerprint density at radius 1 is 1.11 bits per heavy atom. The van der Waals surface area contributed by atoms with Crippen LogP contribution in [0, 0.1) is 10.1 Å². The second-order valence-corrected chi connectivity index (χ2v) is 6.04. The Morgan fingerprint density at radius 2 is 1.89 bits per heavy atom. The summed E-state index contributed by atoms with van der Waals surface area (Å²) in [6.45, 7) is 0. The first-order valence-corrected chi connectivity index (χ1v) is 8.32. The van der Waals surface area contributed by atoms with Crippen molar-refractivity contribution < 1.29 is 70.5 Å². The maximum atomic E-state index is 10.7. The Balaban J connectivity index is 0.00000140. The second kappa shape index (κ2) is 10.1. The molecule has 1 atom stereocenters. The number of nitro groups is 1. The van der Waals surface area contributed by atoms with Crippen LogP contribution in [0.1, 0.15) is 23.7 Å². The third-order valence-corrected chi connectivity index (χ3v) is 4.30. The molecular formula is C20H16FKN2O4. The first-order chi connectivity index (χ1) is 12.7. The van der Waals surface area contributed by atoms with Gasteiger partial charge in [-0.15, -0.1) is 0 Å². The number of aryl methyl sites for hydroxylation is 1. The molecule has 4 rings (SSSR count). The molecule has 0 aliphatic carbocycles. The Morgan fingerprint density at radius 3 is 2.57 bits per heavy atom. The molecule has 2 heterocycles. The van der Waals surface area contributed by atoms with Gasteiger partial charge in [0.15, 0.2) is 0 Å². The summed E-state index contributed by atoms with van der Waals surface area (Å²) in [5, 5.41) is 10.7. The minimum atomic E-state index is -0.490. The van der Waals surface area contributed by atoms with Gasteiger partial charge in [0, 0.05) is 12.1 Å². The molecule has 6 nitrogen and oxygen atoms in total. The molecule has 2 aromatic carbocycles. The summed E-state index contributed by atoms with van der Waals surface area (Å²) in [6.07, 6.45) is 3.03. The number of aromatic nitrogens is 1. The van der Waals surface area contributed by atoms with Gasteiger partial charge in [-0.1, -0.05) is 30.3 Å². The summed E-state index contributed by atoms with van der Waals surface area (Å²) in [6, 6.07) is 18.7. The fraction of sp³-hybridized carbons (Fsp3) is 0.150. The number of hydrogen-bond acceptors (Lipinski definition) is 5. The van der Waals surface area contributed by atoms with Crippen molar-refractivity contribution in [2.75, 3.05) is 0 Å². The molecule has 0 amide bonds. The zero-order chi connectivity index (χ0) is 17.9. The minimum Gasteiger partial charge on any atom is -1.00 e. The molecule has 0 saturated carbocycles. The van der Waals surface area contributed by atoms with Gasteiger partial charge in [-0.05, 0) is 42.2 Å². The van der Waals surface area contributed by atoms with Crippen LogP contribution in [-0.2, 0) is 6.42 Å². The number of rotatable bonds is 4. The number of benzene rings is 2. The van der Waals surface area contributed by atoms with E-state index in [-0.39, 0.29) is 67.9 Å². The monoisotopic (exact) mass is 406 g/mol. The third-order valence-electron chi connectivity index (χ3n) is 4.30. The fourth-order valence-electron chi connectivity index (χ4n) is 2.99. The average molecular weight is 406 g/mol. The number of nitrogens with zero attached hydrogens (tertiary/aromatic N) is 2. The van der Waals surface area contributed by atoms with Crippen LogP contribution in [0.25, 0.3) is 0 Å². The van der Waals surface area contributed by atoms with E-state index in [4.69, 9.17) is 9.47 Å². The van der Waals surface area contributed by atoms with Gasteiger partial charge in [-0.3, -0.25) is 10.1 Å². The first-order valence-electron chi connectivity index (χ1n) is 8.32. The Kier molecular flexibility index (Phi) is 8.08. The van der Waals surface area contributed by atoms with Crippen molar-refractivity contribution in [2.24, 2.45) is 0 Å². The first kappa shape index (κ1) is 22.4. The predicted octanol–water partition coefficient (Wildman–Crippen LogP) is -1.14. The molecule has 0 saturated heterocycles. The molecule has 8 heteroatoms. The minimum absolute atomic E-state index is 0. The largest absolute Gasteiger partial charge is 1.00 e. The molecular weight excluding hydrogens is 390 g/mol. The van der Waals surface area contributed by atoms with Gasteiger partial charge in [-0.2, -0.15) is 0 Å². The molecule has 0 bridgehead atoms. The standard InChI is InChI=1S/C20H16N2O4.FH.K/c23-22(24)16-7-11-20(21-13-16)25-17-8-10-19-15(12-17)6-9-18(26-19)14-4-2-1-3-5-14;;/h1-5,7-8,10-13,18H,6,9H2;1H;/q;;+1/p-1. The zero-order valence-electron chi connectivity index (χ0n) is 15.2. The third kappa shape index (κ3) is 5.15. The molecule has 3 aromatic rings. The van der Waals surface area contributed by atoms with Gasteiger partial charge in [-0.25, -0.2) is 4.98 Å². The SMILES string of the molecule is O=[N+]([O-])c1ccc(Oc2ccc3c(c2)CCC(c2ccccc2)O3)nc1.[F-].[K+]. The average Bonchev–Trinajstić information content (AvgIpc) is 2.69. The van der Waals surface area contributed by atoms with Crippen molar-refractivity contribution in [3.63, 3.8) is 0 Å². The van der Waals surface area contributed by atoms with E-state index in [2.05, 4.69) is 17.1 Å². The maximum absolute atomic E-state index is 10.7. The maximum Gasteiger partial charge on any atom is 1.00 e. The summed E-state index contributed by atoms with van der Waals surface area (Å²) in [7, 11) is 0. The Labute approximate surface area is 203 Å². The van der Waals surface area contributed by atoms with Gasteiger partial charge in [0.1, 0.15) is 23.8 Å². The van der Waals surface area contributed by atoms with Crippen LogP contribution in [0.3, 0.4) is 0 Å². The number of ether oxygens (including phenoxy) is 2. The van der Waals surface area contributed by atoms with Crippen molar-refractivity contribution in [3.05, 3.63) is 88.1 Å². The molecule has 0 N–H and O–H groups in total. The van der Waals surface area contributed by atoms with Gasteiger partial charge >= 0.3 is 51.4 Å². The van der Waals surface area contributed by atoms with Gasteiger partial charge in [0.2, 0.25) is 5.88 Å². The zero-order valence-corrected chi connectivity index (χ0v) is 18.4. The summed E-state index contributed by atoms with van der Waals surface area (Å²) >= 11 is 0. The smallest absolute Gasteiger partial charge is 1.00 e. The molecule has 1 aromatic heterocycles. The summed E-state index contributed by atoms with van der Waals surface area (Å²) < 4.78 is 11.8. The molecule has 1 aliphatic heterocycles. The van der Waals surface area contributed by atoms with Gasteiger partial charge < -0.3 is 14.2 Å². The van der Waals surface area contributed by atoms with Crippen molar-refractivity contribution in [1.82, 2.24) is 4.98 Å². The molecule has 0 radical (unpaired) electrons. The van der Waals surface area contributed by atoms with E-state index in [0.717, 1.165) is 24.2 Å². The Bertz CT molecular complexity index is 939. The van der Waals surface area contributed by atoms with E-state index in [0.29, 0.717) is 11.6 Å².